The van der Waals surface area contributed by atoms with E-state index in [4.69, 9.17) is 4.74 Å². The van der Waals surface area contributed by atoms with Crippen molar-refractivity contribution in [1.29, 1.82) is 0 Å². The van der Waals surface area contributed by atoms with E-state index in [1.54, 1.807) is 19.8 Å². The van der Waals surface area contributed by atoms with Gasteiger partial charge in [-0.15, -0.1) is 0 Å². The minimum absolute atomic E-state index is 0.551. The van der Waals surface area contributed by atoms with Crippen molar-refractivity contribution in [3.63, 3.8) is 0 Å². The summed E-state index contributed by atoms with van der Waals surface area (Å²) in [4.78, 5) is 15.1. The summed E-state index contributed by atoms with van der Waals surface area (Å²) in [6.07, 6.45) is 3.71. The van der Waals surface area contributed by atoms with Gasteiger partial charge in [0, 0.05) is 26.7 Å². The van der Waals surface area contributed by atoms with Crippen LogP contribution in [0.4, 0.5) is 10.2 Å². The molecule has 1 aliphatic heterocycles. The van der Waals surface area contributed by atoms with Gasteiger partial charge in [0.25, 0.3) is 0 Å². The fourth-order valence-electron chi connectivity index (χ4n) is 2.51. The molecule has 1 aliphatic rings. The number of nitrogens with zero attached hydrogens (tertiary/aromatic N) is 5. The van der Waals surface area contributed by atoms with E-state index in [0.29, 0.717) is 39.1 Å². The van der Waals surface area contributed by atoms with Crippen LogP contribution in [-0.2, 0) is 11.3 Å². The number of piperidine rings is 1. The summed E-state index contributed by atoms with van der Waals surface area (Å²) in [5, 5.41) is 0. The molecule has 108 valence electrons. The van der Waals surface area contributed by atoms with Gasteiger partial charge in [-0.2, -0.15) is 0 Å². The topological polar surface area (TPSA) is 56.1 Å². The van der Waals surface area contributed by atoms with Crippen molar-refractivity contribution in [3.05, 3.63) is 12.7 Å². The smallest absolute Gasteiger partial charge is 0.165 e. The first-order chi connectivity index (χ1) is 9.79. The van der Waals surface area contributed by atoms with E-state index in [2.05, 4.69) is 19.9 Å². The Morgan fingerprint density at radius 2 is 2.10 bits per heavy atom. The van der Waals surface area contributed by atoms with Crippen molar-refractivity contribution in [2.24, 2.45) is 0 Å². The quantitative estimate of drug-likeness (QED) is 0.847. The molecule has 20 heavy (non-hydrogen) atoms. The zero-order chi connectivity index (χ0) is 13.9. The Bertz CT molecular complexity index is 579. The highest BCUT2D eigenvalue weighted by atomic mass is 19.1. The maximum atomic E-state index is 13.2. The van der Waals surface area contributed by atoms with Crippen LogP contribution in [0.2, 0.25) is 0 Å². The van der Waals surface area contributed by atoms with Gasteiger partial charge in [-0.05, 0) is 12.8 Å². The zero-order valence-corrected chi connectivity index (χ0v) is 11.5. The summed E-state index contributed by atoms with van der Waals surface area (Å²) in [6.45, 7) is 2.67. The third kappa shape index (κ3) is 2.45. The Morgan fingerprint density at radius 1 is 1.30 bits per heavy atom. The molecular weight excluding hydrogens is 261 g/mol. The number of halogens is 1. The summed E-state index contributed by atoms with van der Waals surface area (Å²) in [7, 11) is 1.67. The molecule has 0 saturated carbocycles. The average molecular weight is 279 g/mol. The molecule has 0 spiro atoms. The number of anilines is 1. The van der Waals surface area contributed by atoms with Gasteiger partial charge in [-0.3, -0.25) is 0 Å². The van der Waals surface area contributed by atoms with Gasteiger partial charge in [0.1, 0.15) is 12.5 Å². The predicted molar refractivity (Wildman–Crippen MR) is 73.5 cm³/mol. The minimum Gasteiger partial charge on any atom is -0.383 e. The van der Waals surface area contributed by atoms with E-state index < -0.39 is 6.17 Å². The maximum Gasteiger partial charge on any atom is 0.165 e. The molecule has 7 heteroatoms. The molecule has 0 unspecified atom stereocenters. The number of imidazole rings is 1. The Balaban J connectivity index is 1.90. The molecule has 2 aromatic rings. The average Bonchev–Trinajstić information content (AvgIpc) is 2.89. The van der Waals surface area contributed by atoms with Crippen LogP contribution in [0.25, 0.3) is 11.2 Å². The van der Waals surface area contributed by atoms with Crippen LogP contribution in [0, 0.1) is 0 Å². The number of hydrogen-bond acceptors (Lipinski definition) is 5. The molecule has 3 heterocycles. The normalized spacial score (nSPS) is 17.0. The van der Waals surface area contributed by atoms with Gasteiger partial charge in [0.2, 0.25) is 0 Å². The van der Waals surface area contributed by atoms with E-state index in [1.165, 1.54) is 0 Å². The van der Waals surface area contributed by atoms with Crippen molar-refractivity contribution in [1.82, 2.24) is 19.5 Å². The van der Waals surface area contributed by atoms with Gasteiger partial charge in [0.15, 0.2) is 17.0 Å². The first kappa shape index (κ1) is 13.2. The SMILES string of the molecule is COCCn1cnc2c(N3CCC(F)CC3)ncnc21. The zero-order valence-electron chi connectivity index (χ0n) is 11.5. The largest absolute Gasteiger partial charge is 0.383 e. The van der Waals surface area contributed by atoms with Crippen molar-refractivity contribution in [2.45, 2.75) is 25.6 Å². The van der Waals surface area contributed by atoms with E-state index in [9.17, 15) is 4.39 Å². The number of aromatic nitrogens is 4. The van der Waals surface area contributed by atoms with Crippen LogP contribution in [0.5, 0.6) is 0 Å². The van der Waals surface area contributed by atoms with E-state index >= 15 is 0 Å². The lowest BCUT2D eigenvalue weighted by Crippen LogP contribution is -2.35. The molecule has 0 aromatic carbocycles. The number of rotatable bonds is 4. The first-order valence-corrected chi connectivity index (χ1v) is 6.83. The summed E-state index contributed by atoms with van der Waals surface area (Å²) in [6, 6.07) is 0. The summed E-state index contributed by atoms with van der Waals surface area (Å²) < 4.78 is 20.3. The van der Waals surface area contributed by atoms with Crippen LogP contribution in [0.1, 0.15) is 12.8 Å². The molecule has 0 atom stereocenters. The summed E-state index contributed by atoms with van der Waals surface area (Å²) in [5.41, 5.74) is 1.58. The second kappa shape index (κ2) is 5.70. The molecule has 0 N–H and O–H groups in total. The maximum absolute atomic E-state index is 13.2. The number of hydrogen-bond donors (Lipinski definition) is 0. The Kier molecular flexibility index (Phi) is 3.77. The van der Waals surface area contributed by atoms with Crippen molar-refractivity contribution in [3.8, 4) is 0 Å². The first-order valence-electron chi connectivity index (χ1n) is 6.83. The van der Waals surface area contributed by atoms with Gasteiger partial charge in [-0.1, -0.05) is 0 Å². The molecular formula is C13H18FN5O. The third-order valence-corrected chi connectivity index (χ3v) is 3.64. The highest BCUT2D eigenvalue weighted by Crippen LogP contribution is 2.25. The Hall–Kier alpha value is -1.76. The molecule has 6 nitrogen and oxygen atoms in total. The number of alkyl halides is 1. The molecule has 0 radical (unpaired) electrons. The fraction of sp³-hybridized carbons (Fsp3) is 0.615. The molecule has 0 aliphatic carbocycles. The van der Waals surface area contributed by atoms with Crippen molar-refractivity contribution < 1.29 is 9.13 Å². The van der Waals surface area contributed by atoms with E-state index in [0.717, 1.165) is 17.0 Å². The predicted octanol–water partition coefficient (Wildman–Crippen LogP) is 1.41. The highest BCUT2D eigenvalue weighted by molar-refractivity contribution is 5.83. The van der Waals surface area contributed by atoms with Crippen molar-refractivity contribution in [2.75, 3.05) is 31.7 Å². The highest BCUT2D eigenvalue weighted by Gasteiger charge is 2.22. The second-order valence-corrected chi connectivity index (χ2v) is 4.96. The van der Waals surface area contributed by atoms with Gasteiger partial charge >= 0.3 is 0 Å². The van der Waals surface area contributed by atoms with Gasteiger partial charge in [0.05, 0.1) is 12.9 Å². The summed E-state index contributed by atoms with van der Waals surface area (Å²) >= 11 is 0. The lowest BCUT2D eigenvalue weighted by Gasteiger charge is -2.29. The molecule has 1 saturated heterocycles. The number of fused-ring (bicyclic) bond motifs is 1. The fourth-order valence-corrected chi connectivity index (χ4v) is 2.51. The van der Waals surface area contributed by atoms with Crippen LogP contribution in [-0.4, -0.2) is 52.5 Å². The lowest BCUT2D eigenvalue weighted by atomic mass is 10.1. The van der Waals surface area contributed by atoms with E-state index in [-0.39, 0.29) is 0 Å². The minimum atomic E-state index is -0.692. The Labute approximate surface area is 116 Å². The molecule has 2 aromatic heterocycles. The number of ether oxygens (including phenoxy) is 1. The second-order valence-electron chi connectivity index (χ2n) is 4.96. The van der Waals surface area contributed by atoms with Crippen LogP contribution in [0.3, 0.4) is 0 Å². The molecule has 0 bridgehead atoms. The lowest BCUT2D eigenvalue weighted by molar-refractivity contribution is 0.188. The summed E-state index contributed by atoms with van der Waals surface area (Å²) in [5.74, 6) is 0.804. The monoisotopic (exact) mass is 279 g/mol. The Morgan fingerprint density at radius 3 is 2.85 bits per heavy atom. The van der Waals surface area contributed by atoms with Crippen LogP contribution < -0.4 is 4.90 Å². The van der Waals surface area contributed by atoms with E-state index in [1.807, 2.05) is 4.57 Å². The van der Waals surface area contributed by atoms with Gasteiger partial charge in [-0.25, -0.2) is 19.3 Å². The third-order valence-electron chi connectivity index (χ3n) is 3.64. The standard InChI is InChI=1S/C13H18FN5O/c1-20-7-6-19-9-17-11-12(15-8-16-13(11)19)18-4-2-10(14)3-5-18/h8-10H,2-7H2,1H3. The van der Waals surface area contributed by atoms with Crippen LogP contribution >= 0.6 is 0 Å². The molecule has 1 fully saturated rings. The molecule has 3 rings (SSSR count). The van der Waals surface area contributed by atoms with Gasteiger partial charge < -0.3 is 14.2 Å². The molecule has 0 amide bonds. The number of methoxy groups -OCH3 is 1. The van der Waals surface area contributed by atoms with Crippen LogP contribution in [0.15, 0.2) is 12.7 Å². The van der Waals surface area contributed by atoms with Crippen molar-refractivity contribution >= 4 is 17.0 Å².